The van der Waals surface area contributed by atoms with Crippen molar-refractivity contribution in [1.29, 1.82) is 0 Å². The van der Waals surface area contributed by atoms with Gasteiger partial charge < -0.3 is 5.11 Å². The second-order valence-electron chi connectivity index (χ2n) is 5.34. The molecule has 106 valence electrons. The average molecular weight is 286 g/mol. The van der Waals surface area contributed by atoms with Gasteiger partial charge in [-0.1, -0.05) is 48.5 Å². The van der Waals surface area contributed by atoms with Crippen molar-refractivity contribution in [3.63, 3.8) is 0 Å². The maximum absolute atomic E-state index is 9.98. The fraction of sp³-hybridized carbons (Fsp3) is 0.0526. The summed E-state index contributed by atoms with van der Waals surface area (Å²) in [6.07, 6.45) is 0. The van der Waals surface area contributed by atoms with Crippen LogP contribution in [0.4, 0.5) is 0 Å². The highest BCUT2D eigenvalue weighted by molar-refractivity contribution is 6.07. The summed E-state index contributed by atoms with van der Waals surface area (Å²) in [5.41, 5.74) is 2.65. The Morgan fingerprint density at radius 1 is 0.864 bits per heavy atom. The predicted octanol–water partition coefficient (Wildman–Crippen LogP) is 3.86. The van der Waals surface area contributed by atoms with Gasteiger partial charge in [0.25, 0.3) is 0 Å². The molecule has 0 unspecified atom stereocenters. The van der Waals surface area contributed by atoms with E-state index < -0.39 is 0 Å². The summed E-state index contributed by atoms with van der Waals surface area (Å²) in [7, 11) is 0. The molecule has 0 radical (unpaired) electrons. The largest absolute Gasteiger partial charge is 0.512 e. The molecule has 0 aliphatic heterocycles. The van der Waals surface area contributed by atoms with Crippen molar-refractivity contribution in [3.05, 3.63) is 65.9 Å². The Bertz CT molecular complexity index is 1040. The van der Waals surface area contributed by atoms with Gasteiger partial charge in [0.1, 0.15) is 0 Å². The van der Waals surface area contributed by atoms with Crippen LogP contribution in [-0.4, -0.2) is 15.1 Å². The van der Waals surface area contributed by atoms with E-state index in [4.69, 9.17) is 9.97 Å². The minimum absolute atomic E-state index is 0.268. The Labute approximate surface area is 127 Å². The summed E-state index contributed by atoms with van der Waals surface area (Å²) in [5.74, 6) is 0.944. The molecule has 3 heteroatoms. The Hall–Kier alpha value is -2.94. The molecule has 4 rings (SSSR count). The molecular weight excluding hydrogens is 272 g/mol. The molecule has 0 saturated carbocycles. The van der Waals surface area contributed by atoms with E-state index in [1.807, 2.05) is 60.7 Å². The highest BCUT2D eigenvalue weighted by Crippen LogP contribution is 2.25. The van der Waals surface area contributed by atoms with Crippen LogP contribution in [0.15, 0.2) is 60.7 Å². The van der Waals surface area contributed by atoms with Crippen LogP contribution in [0.2, 0.25) is 0 Å². The van der Waals surface area contributed by atoms with E-state index in [0.717, 1.165) is 32.6 Å². The molecule has 0 bridgehead atoms. The molecule has 4 aromatic rings. The lowest BCUT2D eigenvalue weighted by molar-refractivity contribution is 0.499. The molecule has 0 saturated heterocycles. The number of aromatic nitrogens is 2. The lowest BCUT2D eigenvalue weighted by Gasteiger charge is -2.08. The van der Waals surface area contributed by atoms with Crippen molar-refractivity contribution in [2.75, 3.05) is 0 Å². The first-order valence-corrected chi connectivity index (χ1v) is 7.18. The first kappa shape index (κ1) is 12.8. The maximum Gasteiger partial charge on any atom is 0.160 e. The number of hydrogen-bond acceptors (Lipinski definition) is 3. The zero-order chi connectivity index (χ0) is 15.1. The van der Waals surface area contributed by atoms with Crippen molar-refractivity contribution in [3.8, 4) is 11.4 Å². The number of hydrogen-bond donors (Lipinski definition) is 1. The fourth-order valence-corrected chi connectivity index (χ4v) is 2.80. The second kappa shape index (κ2) is 4.81. The standard InChI is InChI=1S/C19H14N2O/c1-12(22)15-11-10-13-8-5-9-16-17(13)18(15)21-19(20-16)14-6-3-2-4-7-14/h2-11,22H,1H3. The van der Waals surface area contributed by atoms with Crippen LogP contribution >= 0.6 is 0 Å². The second-order valence-corrected chi connectivity index (χ2v) is 5.34. The Morgan fingerprint density at radius 2 is 1.68 bits per heavy atom. The summed E-state index contributed by atoms with van der Waals surface area (Å²) in [6, 6.07) is 19.8. The van der Waals surface area contributed by atoms with Crippen LogP contribution in [0, 0.1) is 0 Å². The van der Waals surface area contributed by atoms with Crippen LogP contribution in [0.3, 0.4) is 0 Å². The van der Waals surface area contributed by atoms with Crippen LogP contribution in [0.25, 0.3) is 39.0 Å². The topological polar surface area (TPSA) is 46.0 Å². The van der Waals surface area contributed by atoms with E-state index in [0.29, 0.717) is 5.82 Å². The predicted molar refractivity (Wildman–Crippen MR) is 89.4 cm³/mol. The molecule has 0 amide bonds. The van der Waals surface area contributed by atoms with Crippen LogP contribution in [0.1, 0.15) is 6.92 Å². The summed E-state index contributed by atoms with van der Waals surface area (Å²) in [6.45, 7) is 1.68. The SMILES string of the molecule is CC(O)=c1ccc2cccc3nc(-c4ccccc4)nc1c23. The lowest BCUT2D eigenvalue weighted by atomic mass is 10.0. The summed E-state index contributed by atoms with van der Waals surface area (Å²) in [4.78, 5) is 9.42. The van der Waals surface area contributed by atoms with Crippen molar-refractivity contribution in [2.24, 2.45) is 0 Å². The van der Waals surface area contributed by atoms with Gasteiger partial charge in [-0.25, -0.2) is 9.97 Å². The number of benzene rings is 3. The monoisotopic (exact) mass is 286 g/mol. The zero-order valence-corrected chi connectivity index (χ0v) is 12.1. The van der Waals surface area contributed by atoms with E-state index in [-0.39, 0.29) is 5.76 Å². The van der Waals surface area contributed by atoms with Crippen molar-refractivity contribution in [1.82, 2.24) is 9.97 Å². The molecule has 1 aromatic heterocycles. The molecule has 3 aromatic carbocycles. The van der Waals surface area contributed by atoms with Crippen molar-refractivity contribution in [2.45, 2.75) is 6.92 Å². The molecule has 22 heavy (non-hydrogen) atoms. The highest BCUT2D eigenvalue weighted by Gasteiger charge is 2.10. The molecule has 0 aliphatic carbocycles. The average Bonchev–Trinajstić information content (AvgIpc) is 2.56. The maximum atomic E-state index is 9.98. The number of rotatable bonds is 1. The van der Waals surface area contributed by atoms with E-state index in [2.05, 4.69) is 0 Å². The molecule has 0 atom stereocenters. The quantitative estimate of drug-likeness (QED) is 0.578. The van der Waals surface area contributed by atoms with E-state index in [1.54, 1.807) is 6.92 Å². The van der Waals surface area contributed by atoms with Gasteiger partial charge >= 0.3 is 0 Å². The third kappa shape index (κ3) is 1.91. The van der Waals surface area contributed by atoms with Crippen molar-refractivity contribution < 1.29 is 5.11 Å². The minimum Gasteiger partial charge on any atom is -0.512 e. The van der Waals surface area contributed by atoms with Gasteiger partial charge in [0, 0.05) is 16.2 Å². The molecule has 1 heterocycles. The molecule has 0 spiro atoms. The van der Waals surface area contributed by atoms with Gasteiger partial charge in [-0.15, -0.1) is 0 Å². The zero-order valence-electron chi connectivity index (χ0n) is 12.1. The Kier molecular flexibility index (Phi) is 2.79. The Balaban J connectivity index is 2.20. The van der Waals surface area contributed by atoms with E-state index in [9.17, 15) is 5.11 Å². The minimum atomic E-state index is 0.268. The molecular formula is C19H14N2O. The molecule has 0 aliphatic rings. The van der Waals surface area contributed by atoms with Gasteiger partial charge in [0.15, 0.2) is 5.82 Å². The van der Waals surface area contributed by atoms with E-state index >= 15 is 0 Å². The fourth-order valence-electron chi connectivity index (χ4n) is 2.80. The first-order valence-electron chi connectivity index (χ1n) is 7.18. The first-order chi connectivity index (χ1) is 10.7. The third-order valence-corrected chi connectivity index (χ3v) is 3.86. The Morgan fingerprint density at radius 3 is 2.45 bits per heavy atom. The number of aliphatic hydroxyl groups excluding tert-OH is 1. The summed E-state index contributed by atoms with van der Waals surface area (Å²) < 4.78 is 0. The van der Waals surface area contributed by atoms with Crippen LogP contribution in [0.5, 0.6) is 0 Å². The smallest absolute Gasteiger partial charge is 0.160 e. The van der Waals surface area contributed by atoms with Crippen molar-refractivity contribution >= 4 is 27.6 Å². The van der Waals surface area contributed by atoms with Gasteiger partial charge in [0.2, 0.25) is 0 Å². The summed E-state index contributed by atoms with van der Waals surface area (Å²) >= 11 is 0. The number of aliphatic hydroxyl groups is 1. The highest BCUT2D eigenvalue weighted by atomic mass is 16.3. The van der Waals surface area contributed by atoms with Gasteiger partial charge in [-0.2, -0.15) is 0 Å². The summed E-state index contributed by atoms with van der Waals surface area (Å²) in [5, 5.41) is 12.8. The number of nitrogens with zero attached hydrogens (tertiary/aromatic N) is 2. The molecule has 3 nitrogen and oxygen atoms in total. The molecule has 0 fully saturated rings. The van der Waals surface area contributed by atoms with E-state index in [1.165, 1.54) is 0 Å². The van der Waals surface area contributed by atoms with Crippen LogP contribution in [-0.2, 0) is 0 Å². The third-order valence-electron chi connectivity index (χ3n) is 3.86. The lowest BCUT2D eigenvalue weighted by Crippen LogP contribution is -2.09. The van der Waals surface area contributed by atoms with Gasteiger partial charge in [0.05, 0.1) is 16.8 Å². The normalized spacial score (nSPS) is 12.8. The van der Waals surface area contributed by atoms with Gasteiger partial charge in [-0.05, 0) is 24.4 Å². The van der Waals surface area contributed by atoms with Crippen LogP contribution < -0.4 is 5.22 Å². The van der Waals surface area contributed by atoms with Gasteiger partial charge in [-0.3, -0.25) is 0 Å². The molecule has 1 N–H and O–H groups in total.